The summed E-state index contributed by atoms with van der Waals surface area (Å²) in [6.07, 6.45) is -0.614. The van der Waals surface area contributed by atoms with Gasteiger partial charge in [0.15, 0.2) is 6.10 Å². The van der Waals surface area contributed by atoms with E-state index >= 15 is 0 Å². The van der Waals surface area contributed by atoms with Crippen molar-refractivity contribution in [2.45, 2.75) is 19.6 Å². The molecule has 1 heterocycles. The van der Waals surface area contributed by atoms with Gasteiger partial charge < -0.3 is 15.0 Å². The Morgan fingerprint density at radius 2 is 1.74 bits per heavy atom. The summed E-state index contributed by atoms with van der Waals surface area (Å²) in [6, 6.07) is 17.1. The standard InChI is InChI=1S/C23H17Cl3N2O3/c1-13-23(30)28(12-14-2-5-16(24)6-3-14)20-11-17(7-9-21(20)31-13)27-22(29)15-4-8-18(25)19(26)10-15/h2-11,13H,12H2,1H3,(H,27,29). The monoisotopic (exact) mass is 474 g/mol. The number of benzene rings is 3. The largest absolute Gasteiger partial charge is 0.479 e. The van der Waals surface area contributed by atoms with E-state index in [1.807, 2.05) is 12.1 Å². The third kappa shape index (κ3) is 4.64. The SMILES string of the molecule is CC1Oc2ccc(NC(=O)c3ccc(Cl)c(Cl)c3)cc2N(Cc2ccc(Cl)cc2)C1=O. The van der Waals surface area contributed by atoms with Crippen LogP contribution in [0.2, 0.25) is 15.1 Å². The van der Waals surface area contributed by atoms with E-state index in [4.69, 9.17) is 39.5 Å². The van der Waals surface area contributed by atoms with Crippen molar-refractivity contribution in [1.29, 1.82) is 0 Å². The van der Waals surface area contributed by atoms with Crippen molar-refractivity contribution in [2.75, 3.05) is 10.2 Å². The fourth-order valence-corrected chi connectivity index (χ4v) is 3.68. The number of rotatable bonds is 4. The van der Waals surface area contributed by atoms with Crippen LogP contribution in [-0.2, 0) is 11.3 Å². The molecule has 4 rings (SSSR count). The number of carbonyl (C=O) groups is 2. The quantitative estimate of drug-likeness (QED) is 0.488. The molecule has 1 aliphatic heterocycles. The summed E-state index contributed by atoms with van der Waals surface area (Å²) in [7, 11) is 0. The summed E-state index contributed by atoms with van der Waals surface area (Å²) in [6.45, 7) is 2.06. The van der Waals surface area contributed by atoms with Crippen LogP contribution in [0, 0.1) is 0 Å². The third-order valence-electron chi connectivity index (χ3n) is 4.86. The molecule has 3 aromatic rings. The maximum atomic E-state index is 12.8. The number of hydrogen-bond acceptors (Lipinski definition) is 3. The van der Waals surface area contributed by atoms with Crippen LogP contribution in [0.1, 0.15) is 22.8 Å². The fraction of sp³-hybridized carbons (Fsp3) is 0.130. The Hall–Kier alpha value is -2.73. The summed E-state index contributed by atoms with van der Waals surface area (Å²) in [5.74, 6) is 0.0446. The van der Waals surface area contributed by atoms with Crippen molar-refractivity contribution in [3.05, 3.63) is 86.9 Å². The fourth-order valence-electron chi connectivity index (χ4n) is 3.26. The summed E-state index contributed by atoms with van der Waals surface area (Å²) in [5, 5.41) is 4.11. The van der Waals surface area contributed by atoms with Gasteiger partial charge >= 0.3 is 0 Å². The molecule has 0 saturated heterocycles. The van der Waals surface area contributed by atoms with Gasteiger partial charge in [0, 0.05) is 16.3 Å². The molecule has 0 radical (unpaired) electrons. The zero-order valence-electron chi connectivity index (χ0n) is 16.4. The van der Waals surface area contributed by atoms with Crippen molar-refractivity contribution in [3.8, 4) is 5.75 Å². The number of carbonyl (C=O) groups excluding carboxylic acids is 2. The van der Waals surface area contributed by atoms with Crippen molar-refractivity contribution >= 4 is 58.0 Å². The van der Waals surface area contributed by atoms with Gasteiger partial charge in [0.2, 0.25) is 0 Å². The molecule has 1 atom stereocenters. The topological polar surface area (TPSA) is 58.6 Å². The Labute approximate surface area is 194 Å². The van der Waals surface area contributed by atoms with Crippen LogP contribution in [-0.4, -0.2) is 17.9 Å². The zero-order valence-corrected chi connectivity index (χ0v) is 18.6. The normalized spacial score (nSPS) is 15.3. The van der Waals surface area contributed by atoms with Crippen LogP contribution in [0.4, 0.5) is 11.4 Å². The third-order valence-corrected chi connectivity index (χ3v) is 5.85. The second kappa shape index (κ2) is 8.79. The van der Waals surface area contributed by atoms with Crippen molar-refractivity contribution in [2.24, 2.45) is 0 Å². The lowest BCUT2D eigenvalue weighted by molar-refractivity contribution is -0.125. The van der Waals surface area contributed by atoms with Crippen LogP contribution in [0.15, 0.2) is 60.7 Å². The van der Waals surface area contributed by atoms with Crippen molar-refractivity contribution < 1.29 is 14.3 Å². The Morgan fingerprint density at radius 1 is 1.00 bits per heavy atom. The predicted octanol–water partition coefficient (Wildman–Crippen LogP) is 6.21. The van der Waals surface area contributed by atoms with Gasteiger partial charge in [-0.25, -0.2) is 0 Å². The van der Waals surface area contributed by atoms with Gasteiger partial charge in [0.05, 0.1) is 22.3 Å². The van der Waals surface area contributed by atoms with Crippen LogP contribution < -0.4 is 15.0 Å². The summed E-state index contributed by atoms with van der Waals surface area (Å²) in [4.78, 5) is 27.1. The Morgan fingerprint density at radius 3 is 2.45 bits per heavy atom. The molecule has 8 heteroatoms. The maximum absolute atomic E-state index is 12.8. The van der Waals surface area contributed by atoms with Crippen LogP contribution >= 0.6 is 34.8 Å². The molecule has 0 bridgehead atoms. The van der Waals surface area contributed by atoms with E-state index in [1.54, 1.807) is 54.3 Å². The number of nitrogens with one attached hydrogen (secondary N) is 1. The van der Waals surface area contributed by atoms with Crippen LogP contribution in [0.25, 0.3) is 0 Å². The predicted molar refractivity (Wildman–Crippen MR) is 124 cm³/mol. The minimum absolute atomic E-state index is 0.171. The molecular formula is C23H17Cl3N2O3. The Kier molecular flexibility index (Phi) is 6.10. The summed E-state index contributed by atoms with van der Waals surface area (Å²) >= 11 is 17.9. The zero-order chi connectivity index (χ0) is 22.1. The number of nitrogens with zero attached hydrogens (tertiary/aromatic N) is 1. The van der Waals surface area contributed by atoms with E-state index in [9.17, 15) is 9.59 Å². The van der Waals surface area contributed by atoms with Crippen molar-refractivity contribution in [3.63, 3.8) is 0 Å². The average Bonchev–Trinajstić information content (AvgIpc) is 2.75. The Bertz CT molecular complexity index is 1170. The van der Waals surface area contributed by atoms with Gasteiger partial charge in [0.25, 0.3) is 11.8 Å². The highest BCUT2D eigenvalue weighted by molar-refractivity contribution is 6.42. The molecule has 158 valence electrons. The summed E-state index contributed by atoms with van der Waals surface area (Å²) < 4.78 is 5.75. The van der Waals surface area contributed by atoms with Gasteiger partial charge in [-0.1, -0.05) is 46.9 Å². The first-order valence-corrected chi connectivity index (χ1v) is 10.6. The minimum atomic E-state index is -0.614. The van der Waals surface area contributed by atoms with E-state index < -0.39 is 6.10 Å². The molecule has 3 aromatic carbocycles. The molecular weight excluding hydrogens is 459 g/mol. The first kappa shape index (κ1) is 21.5. The van der Waals surface area contributed by atoms with E-state index in [2.05, 4.69) is 5.32 Å². The first-order valence-electron chi connectivity index (χ1n) is 9.45. The molecule has 1 unspecified atom stereocenters. The van der Waals surface area contributed by atoms with Crippen LogP contribution in [0.3, 0.4) is 0 Å². The van der Waals surface area contributed by atoms with Gasteiger partial charge in [-0.05, 0) is 61.0 Å². The highest BCUT2D eigenvalue weighted by Gasteiger charge is 2.32. The van der Waals surface area contributed by atoms with E-state index in [1.165, 1.54) is 6.07 Å². The smallest absolute Gasteiger partial charge is 0.268 e. The van der Waals surface area contributed by atoms with Crippen molar-refractivity contribution in [1.82, 2.24) is 0 Å². The summed E-state index contributed by atoms with van der Waals surface area (Å²) in [5.41, 5.74) is 2.38. The van der Waals surface area contributed by atoms with Crippen LogP contribution in [0.5, 0.6) is 5.75 Å². The van der Waals surface area contributed by atoms with Gasteiger partial charge in [-0.15, -0.1) is 0 Å². The number of fused-ring (bicyclic) bond motifs is 1. The number of hydrogen-bond donors (Lipinski definition) is 1. The molecule has 0 aliphatic carbocycles. The number of amides is 2. The second-order valence-electron chi connectivity index (χ2n) is 7.08. The highest BCUT2D eigenvalue weighted by Crippen LogP contribution is 2.37. The van der Waals surface area contributed by atoms with Gasteiger partial charge in [-0.2, -0.15) is 0 Å². The second-order valence-corrected chi connectivity index (χ2v) is 8.33. The highest BCUT2D eigenvalue weighted by atomic mass is 35.5. The lowest BCUT2D eigenvalue weighted by Gasteiger charge is -2.33. The molecule has 31 heavy (non-hydrogen) atoms. The molecule has 1 N–H and O–H groups in total. The molecule has 0 fully saturated rings. The molecule has 0 spiro atoms. The average molecular weight is 476 g/mol. The number of ether oxygens (including phenoxy) is 1. The molecule has 2 amide bonds. The Balaban J connectivity index is 1.62. The molecule has 0 aromatic heterocycles. The number of anilines is 2. The van der Waals surface area contributed by atoms with Gasteiger partial charge in [-0.3, -0.25) is 9.59 Å². The minimum Gasteiger partial charge on any atom is -0.479 e. The molecule has 0 saturated carbocycles. The molecule has 5 nitrogen and oxygen atoms in total. The van der Waals surface area contributed by atoms with E-state index in [0.717, 1.165) is 5.56 Å². The number of halogens is 3. The van der Waals surface area contributed by atoms with Gasteiger partial charge in [0.1, 0.15) is 5.75 Å². The lowest BCUT2D eigenvalue weighted by atomic mass is 10.1. The molecule has 1 aliphatic rings. The maximum Gasteiger partial charge on any atom is 0.268 e. The van der Waals surface area contributed by atoms with E-state index in [0.29, 0.717) is 44.3 Å². The lowest BCUT2D eigenvalue weighted by Crippen LogP contribution is -2.44. The first-order chi connectivity index (χ1) is 14.8. The van der Waals surface area contributed by atoms with E-state index in [-0.39, 0.29) is 11.8 Å².